The highest BCUT2D eigenvalue weighted by atomic mass is 16.6. The third-order valence-corrected chi connectivity index (χ3v) is 1.47. The summed E-state index contributed by atoms with van der Waals surface area (Å²) in [5.41, 5.74) is 0. The van der Waals surface area contributed by atoms with Gasteiger partial charge in [-0.05, 0) is 0 Å². The summed E-state index contributed by atoms with van der Waals surface area (Å²) in [6.07, 6.45) is -5.23. The van der Waals surface area contributed by atoms with E-state index in [2.05, 4.69) is 4.74 Å². The first-order valence-corrected chi connectivity index (χ1v) is 2.97. The van der Waals surface area contributed by atoms with Gasteiger partial charge in [-0.2, -0.15) is 0 Å². The molecule has 1 unspecified atom stereocenters. The van der Waals surface area contributed by atoms with Crippen LogP contribution >= 0.6 is 0 Å². The molecule has 0 saturated carbocycles. The van der Waals surface area contributed by atoms with Crippen molar-refractivity contribution in [2.45, 2.75) is 24.6 Å². The first-order chi connectivity index (χ1) is 4.63. The molecule has 0 aliphatic carbocycles. The fourth-order valence-electron chi connectivity index (χ4n) is 0.791. The summed E-state index contributed by atoms with van der Waals surface area (Å²) >= 11 is 0. The van der Waals surface area contributed by atoms with Crippen LogP contribution < -0.4 is 0 Å². The molecule has 1 fully saturated rings. The number of hydrogen-bond acceptors (Lipinski definition) is 5. The van der Waals surface area contributed by atoms with Crippen LogP contribution in [0.2, 0.25) is 0 Å². The summed E-state index contributed by atoms with van der Waals surface area (Å²) in [6, 6.07) is 0. The second-order valence-corrected chi connectivity index (χ2v) is 2.27. The average molecular weight is 150 g/mol. The second kappa shape index (κ2) is 2.81. The molecule has 1 rings (SSSR count). The summed E-state index contributed by atoms with van der Waals surface area (Å²) in [5, 5.41) is 35.3. The Bertz CT molecular complexity index is 103. The zero-order chi connectivity index (χ0) is 7.72. The number of hydrogen-bond donors (Lipinski definition) is 4. The van der Waals surface area contributed by atoms with E-state index in [1.807, 2.05) is 0 Å². The maximum absolute atomic E-state index is 8.88. The van der Waals surface area contributed by atoms with Crippen LogP contribution in [-0.2, 0) is 4.74 Å². The molecule has 4 atom stereocenters. The van der Waals surface area contributed by atoms with Gasteiger partial charge in [0.05, 0.1) is 6.61 Å². The van der Waals surface area contributed by atoms with Gasteiger partial charge < -0.3 is 25.2 Å². The van der Waals surface area contributed by atoms with Crippen molar-refractivity contribution in [1.29, 1.82) is 0 Å². The molecule has 60 valence electrons. The van der Waals surface area contributed by atoms with E-state index in [0.29, 0.717) is 0 Å². The number of ether oxygens (including phenoxy) is 1. The molecule has 1 aliphatic rings. The van der Waals surface area contributed by atoms with Crippen molar-refractivity contribution in [1.82, 2.24) is 0 Å². The maximum atomic E-state index is 8.88. The fourth-order valence-corrected chi connectivity index (χ4v) is 0.791. The monoisotopic (exact) mass is 150 g/mol. The van der Waals surface area contributed by atoms with Crippen LogP contribution in [0, 0.1) is 0 Å². The minimum absolute atomic E-state index is 0.153. The van der Waals surface area contributed by atoms with Crippen molar-refractivity contribution in [2.24, 2.45) is 0 Å². The Morgan fingerprint density at radius 2 is 1.60 bits per heavy atom. The lowest BCUT2D eigenvalue weighted by atomic mass is 10.1. The summed E-state index contributed by atoms with van der Waals surface area (Å²) in [6.45, 7) is -0.153. The largest absolute Gasteiger partial charge is 0.388 e. The highest BCUT2D eigenvalue weighted by Gasteiger charge is 2.36. The topological polar surface area (TPSA) is 90.2 Å². The van der Waals surface area contributed by atoms with Gasteiger partial charge in [0.2, 0.25) is 0 Å². The Balaban J connectivity index is 2.52. The van der Waals surface area contributed by atoms with Gasteiger partial charge in [-0.1, -0.05) is 0 Å². The first-order valence-electron chi connectivity index (χ1n) is 2.97. The Morgan fingerprint density at radius 1 is 1.00 bits per heavy atom. The number of aliphatic hydroxyl groups is 4. The predicted molar refractivity (Wildman–Crippen MR) is 30.0 cm³/mol. The van der Waals surface area contributed by atoms with E-state index >= 15 is 0 Å². The maximum Gasteiger partial charge on any atom is 0.183 e. The van der Waals surface area contributed by atoms with Crippen LogP contribution in [0.4, 0.5) is 0 Å². The van der Waals surface area contributed by atoms with Crippen LogP contribution in [0.15, 0.2) is 0 Å². The quantitative estimate of drug-likeness (QED) is 0.304. The molecule has 0 aromatic rings. The third kappa shape index (κ3) is 1.28. The zero-order valence-corrected chi connectivity index (χ0v) is 5.21. The minimum Gasteiger partial charge on any atom is -0.388 e. The van der Waals surface area contributed by atoms with Crippen molar-refractivity contribution >= 4 is 0 Å². The fraction of sp³-hybridized carbons (Fsp3) is 1.00. The molecular weight excluding hydrogens is 140 g/mol. The molecule has 0 amide bonds. The van der Waals surface area contributed by atoms with Crippen LogP contribution in [0.25, 0.3) is 0 Å². The van der Waals surface area contributed by atoms with Gasteiger partial charge in [0.25, 0.3) is 0 Å². The lowest BCUT2D eigenvalue weighted by Crippen LogP contribution is -2.52. The molecule has 0 aromatic carbocycles. The van der Waals surface area contributed by atoms with E-state index in [0.717, 1.165) is 0 Å². The van der Waals surface area contributed by atoms with Gasteiger partial charge in [-0.15, -0.1) is 0 Å². The highest BCUT2D eigenvalue weighted by Crippen LogP contribution is 2.12. The number of aliphatic hydroxyl groups excluding tert-OH is 4. The van der Waals surface area contributed by atoms with Crippen LogP contribution in [0.1, 0.15) is 0 Å². The Hall–Kier alpha value is -0.200. The van der Waals surface area contributed by atoms with Gasteiger partial charge in [0.1, 0.15) is 18.3 Å². The van der Waals surface area contributed by atoms with E-state index in [9.17, 15) is 0 Å². The van der Waals surface area contributed by atoms with Crippen LogP contribution in [0.3, 0.4) is 0 Å². The van der Waals surface area contributed by atoms with Crippen molar-refractivity contribution in [3.8, 4) is 0 Å². The Morgan fingerprint density at radius 3 is 2.10 bits per heavy atom. The summed E-state index contributed by atoms with van der Waals surface area (Å²) in [5.74, 6) is 0. The van der Waals surface area contributed by atoms with Crippen LogP contribution in [-0.4, -0.2) is 51.6 Å². The van der Waals surface area contributed by atoms with Gasteiger partial charge >= 0.3 is 0 Å². The lowest BCUT2D eigenvalue weighted by Gasteiger charge is -2.31. The molecule has 0 aromatic heterocycles. The first kappa shape index (κ1) is 7.90. The summed E-state index contributed by atoms with van der Waals surface area (Å²) < 4.78 is 4.47. The molecule has 0 bridgehead atoms. The normalized spacial score (nSPS) is 49.2. The molecule has 10 heavy (non-hydrogen) atoms. The molecule has 1 heterocycles. The number of rotatable bonds is 0. The average Bonchev–Trinajstić information content (AvgIpc) is 1.93. The SMILES string of the molecule is OC1OC[C@H](O)[C@@H](O)[C@H]1O. The Kier molecular flexibility index (Phi) is 2.22. The van der Waals surface area contributed by atoms with Crippen LogP contribution in [0.5, 0.6) is 0 Å². The van der Waals surface area contributed by atoms with E-state index in [1.165, 1.54) is 0 Å². The van der Waals surface area contributed by atoms with E-state index in [-0.39, 0.29) is 6.61 Å². The molecule has 4 N–H and O–H groups in total. The van der Waals surface area contributed by atoms with Crippen molar-refractivity contribution in [3.05, 3.63) is 0 Å². The van der Waals surface area contributed by atoms with E-state index in [4.69, 9.17) is 20.4 Å². The Labute approximate surface area is 57.5 Å². The summed E-state index contributed by atoms with van der Waals surface area (Å²) in [7, 11) is 0. The minimum atomic E-state index is -1.41. The van der Waals surface area contributed by atoms with Crippen molar-refractivity contribution < 1.29 is 25.2 Å². The van der Waals surface area contributed by atoms with Gasteiger partial charge in [-0.25, -0.2) is 0 Å². The smallest absolute Gasteiger partial charge is 0.183 e. The molecule has 0 spiro atoms. The lowest BCUT2D eigenvalue weighted by molar-refractivity contribution is -0.252. The van der Waals surface area contributed by atoms with Crippen molar-refractivity contribution in [3.63, 3.8) is 0 Å². The predicted octanol–water partition coefficient (Wildman–Crippen LogP) is -2.58. The molecule has 1 saturated heterocycles. The third-order valence-electron chi connectivity index (χ3n) is 1.47. The molecular formula is C5H10O5. The molecule has 5 heteroatoms. The van der Waals surface area contributed by atoms with Gasteiger partial charge in [0, 0.05) is 0 Å². The zero-order valence-electron chi connectivity index (χ0n) is 5.21. The highest BCUT2D eigenvalue weighted by molar-refractivity contribution is 4.81. The second-order valence-electron chi connectivity index (χ2n) is 2.27. The summed E-state index contributed by atoms with van der Waals surface area (Å²) in [4.78, 5) is 0. The molecule has 5 nitrogen and oxygen atoms in total. The molecule has 1 aliphatic heterocycles. The molecule has 0 radical (unpaired) electrons. The van der Waals surface area contributed by atoms with Gasteiger partial charge in [0.15, 0.2) is 6.29 Å². The standard InChI is InChI=1S/C5H10O5/c6-2-1-10-5(9)4(8)3(2)7/h2-9H,1H2/t2-,3+,4+,5?/m0/s1. The van der Waals surface area contributed by atoms with Gasteiger partial charge in [-0.3, -0.25) is 0 Å². The van der Waals surface area contributed by atoms with E-state index < -0.39 is 24.6 Å². The van der Waals surface area contributed by atoms with E-state index in [1.54, 1.807) is 0 Å². The van der Waals surface area contributed by atoms with Crippen molar-refractivity contribution in [2.75, 3.05) is 6.61 Å².